The van der Waals surface area contributed by atoms with E-state index in [0.29, 0.717) is 22.8 Å². The van der Waals surface area contributed by atoms with Crippen molar-refractivity contribution in [2.24, 2.45) is 5.92 Å². The molecular formula is C22H23NO6. The molecule has 1 heterocycles. The summed E-state index contributed by atoms with van der Waals surface area (Å²) in [5, 5.41) is 12.3. The van der Waals surface area contributed by atoms with Crippen LogP contribution in [0.3, 0.4) is 0 Å². The highest BCUT2D eigenvalue weighted by Gasteiger charge is 2.24. The largest absolute Gasteiger partial charge is 0.496 e. The molecule has 152 valence electrons. The standard InChI is InChI=1S/C22H23NO6/c1-27-18-8-4-3-6-14(18)10-16(22(25)26)12-23-21(24)17-11-15-7-5-9-19(28-2)20(15)29-13-17/h3-9,11,16H,10,12-13H2,1-2H3,(H,23,24)(H,25,26). The summed E-state index contributed by atoms with van der Waals surface area (Å²) in [6.45, 7) is 0.0813. The Kier molecular flexibility index (Phi) is 6.39. The second-order valence-electron chi connectivity index (χ2n) is 6.60. The molecule has 7 nitrogen and oxygen atoms in total. The number of para-hydroxylation sites is 2. The van der Waals surface area contributed by atoms with E-state index in [2.05, 4.69) is 5.32 Å². The van der Waals surface area contributed by atoms with Gasteiger partial charge in [-0.3, -0.25) is 9.59 Å². The lowest BCUT2D eigenvalue weighted by molar-refractivity contribution is -0.141. The molecule has 29 heavy (non-hydrogen) atoms. The van der Waals surface area contributed by atoms with Gasteiger partial charge in [0, 0.05) is 12.1 Å². The second kappa shape index (κ2) is 9.14. The number of carbonyl (C=O) groups is 2. The average molecular weight is 397 g/mol. The third-order valence-corrected chi connectivity index (χ3v) is 4.74. The molecule has 1 unspecified atom stereocenters. The molecular weight excluding hydrogens is 374 g/mol. The van der Waals surface area contributed by atoms with Gasteiger partial charge in [0.1, 0.15) is 12.4 Å². The van der Waals surface area contributed by atoms with Gasteiger partial charge in [0.2, 0.25) is 0 Å². The third-order valence-electron chi connectivity index (χ3n) is 4.74. The van der Waals surface area contributed by atoms with E-state index in [9.17, 15) is 14.7 Å². The maximum Gasteiger partial charge on any atom is 0.308 e. The Bertz CT molecular complexity index is 937. The van der Waals surface area contributed by atoms with Crippen molar-refractivity contribution < 1.29 is 28.9 Å². The smallest absolute Gasteiger partial charge is 0.308 e. The molecule has 2 aromatic carbocycles. The van der Waals surface area contributed by atoms with E-state index in [1.165, 1.54) is 0 Å². The molecule has 0 saturated heterocycles. The van der Waals surface area contributed by atoms with Crippen LogP contribution in [0.15, 0.2) is 48.0 Å². The number of fused-ring (bicyclic) bond motifs is 1. The predicted octanol–water partition coefficient (Wildman–Crippen LogP) is 2.54. The lowest BCUT2D eigenvalue weighted by atomic mass is 9.98. The van der Waals surface area contributed by atoms with Crippen LogP contribution in [0.2, 0.25) is 0 Å². The summed E-state index contributed by atoms with van der Waals surface area (Å²) in [7, 11) is 3.09. The zero-order valence-electron chi connectivity index (χ0n) is 16.3. The van der Waals surface area contributed by atoms with Crippen LogP contribution in [0, 0.1) is 5.92 Å². The maximum atomic E-state index is 12.6. The summed E-state index contributed by atoms with van der Waals surface area (Å²) in [4.78, 5) is 24.2. The van der Waals surface area contributed by atoms with Crippen LogP contribution < -0.4 is 19.5 Å². The van der Waals surface area contributed by atoms with Crippen molar-refractivity contribution in [1.29, 1.82) is 0 Å². The highest BCUT2D eigenvalue weighted by atomic mass is 16.5. The molecule has 7 heteroatoms. The zero-order chi connectivity index (χ0) is 20.8. The molecule has 1 aliphatic rings. The summed E-state index contributed by atoms with van der Waals surface area (Å²) in [6.07, 6.45) is 1.97. The van der Waals surface area contributed by atoms with Gasteiger partial charge in [-0.15, -0.1) is 0 Å². The third kappa shape index (κ3) is 4.68. The first-order valence-electron chi connectivity index (χ1n) is 9.16. The number of nitrogens with one attached hydrogen (secondary N) is 1. The SMILES string of the molecule is COc1ccccc1CC(CNC(=O)C1=Cc2cccc(OC)c2OC1)C(=O)O. The first kappa shape index (κ1) is 20.3. The van der Waals surface area contributed by atoms with Gasteiger partial charge < -0.3 is 24.6 Å². The molecule has 0 fully saturated rings. The number of rotatable bonds is 8. The molecule has 1 amide bonds. The fraction of sp³-hybridized carbons (Fsp3) is 0.273. The lowest BCUT2D eigenvalue weighted by Crippen LogP contribution is -2.36. The van der Waals surface area contributed by atoms with Gasteiger partial charge in [-0.1, -0.05) is 30.3 Å². The molecule has 1 atom stereocenters. The molecule has 0 bridgehead atoms. The number of carbonyl (C=O) groups excluding carboxylic acids is 1. The first-order chi connectivity index (χ1) is 14.0. The number of methoxy groups -OCH3 is 2. The van der Waals surface area contributed by atoms with Crippen LogP contribution in [-0.2, 0) is 16.0 Å². The fourth-order valence-electron chi connectivity index (χ4n) is 3.19. The predicted molar refractivity (Wildman–Crippen MR) is 107 cm³/mol. The van der Waals surface area contributed by atoms with Crippen molar-refractivity contribution in [1.82, 2.24) is 5.32 Å². The Hall–Kier alpha value is -3.48. The Morgan fingerprint density at radius 2 is 1.83 bits per heavy atom. The van der Waals surface area contributed by atoms with Gasteiger partial charge in [0.05, 0.1) is 25.7 Å². The summed E-state index contributed by atoms with van der Waals surface area (Å²) >= 11 is 0. The Morgan fingerprint density at radius 3 is 2.55 bits per heavy atom. The van der Waals surface area contributed by atoms with Gasteiger partial charge >= 0.3 is 5.97 Å². The zero-order valence-corrected chi connectivity index (χ0v) is 16.3. The van der Waals surface area contributed by atoms with Gasteiger partial charge in [-0.05, 0) is 30.2 Å². The monoisotopic (exact) mass is 397 g/mol. The Labute approximate surface area is 168 Å². The highest BCUT2D eigenvalue weighted by Crippen LogP contribution is 2.35. The minimum absolute atomic E-state index is 0.00543. The minimum atomic E-state index is -0.986. The number of benzene rings is 2. The fourth-order valence-corrected chi connectivity index (χ4v) is 3.19. The summed E-state index contributed by atoms with van der Waals surface area (Å²) in [5.41, 5.74) is 1.94. The van der Waals surface area contributed by atoms with E-state index < -0.39 is 11.9 Å². The summed E-state index contributed by atoms with van der Waals surface area (Å²) < 4.78 is 16.2. The topological polar surface area (TPSA) is 94.1 Å². The van der Waals surface area contributed by atoms with Crippen LogP contribution in [0.4, 0.5) is 0 Å². The van der Waals surface area contributed by atoms with Gasteiger partial charge in [0.25, 0.3) is 5.91 Å². The van der Waals surface area contributed by atoms with Crippen molar-refractivity contribution in [2.75, 3.05) is 27.4 Å². The molecule has 0 aliphatic carbocycles. The normalized spacial score (nSPS) is 13.4. The number of hydrogen-bond acceptors (Lipinski definition) is 5. The molecule has 0 aromatic heterocycles. The second-order valence-corrected chi connectivity index (χ2v) is 6.60. The lowest BCUT2D eigenvalue weighted by Gasteiger charge is -2.20. The number of carboxylic acids is 1. The molecule has 0 radical (unpaired) electrons. The van der Waals surface area contributed by atoms with E-state index in [0.717, 1.165) is 11.1 Å². The highest BCUT2D eigenvalue weighted by molar-refractivity contribution is 5.99. The van der Waals surface area contributed by atoms with Gasteiger partial charge in [-0.2, -0.15) is 0 Å². The van der Waals surface area contributed by atoms with Crippen molar-refractivity contribution in [3.05, 3.63) is 59.2 Å². The number of carboxylic acid groups (broad SMARTS) is 1. The van der Waals surface area contributed by atoms with Crippen LogP contribution >= 0.6 is 0 Å². The van der Waals surface area contributed by atoms with Crippen molar-refractivity contribution >= 4 is 18.0 Å². The van der Waals surface area contributed by atoms with Crippen molar-refractivity contribution in [3.63, 3.8) is 0 Å². The number of hydrogen-bond donors (Lipinski definition) is 2. The average Bonchev–Trinajstić information content (AvgIpc) is 2.75. The molecule has 2 aromatic rings. The van der Waals surface area contributed by atoms with E-state index >= 15 is 0 Å². The van der Waals surface area contributed by atoms with Crippen molar-refractivity contribution in [3.8, 4) is 17.2 Å². The van der Waals surface area contributed by atoms with E-state index in [-0.39, 0.29) is 25.5 Å². The van der Waals surface area contributed by atoms with Crippen LogP contribution in [0.5, 0.6) is 17.2 Å². The van der Waals surface area contributed by atoms with Crippen molar-refractivity contribution in [2.45, 2.75) is 6.42 Å². The van der Waals surface area contributed by atoms with Crippen LogP contribution in [0.1, 0.15) is 11.1 Å². The number of aliphatic carboxylic acids is 1. The van der Waals surface area contributed by atoms with E-state index in [1.807, 2.05) is 30.3 Å². The van der Waals surface area contributed by atoms with Gasteiger partial charge in [-0.25, -0.2) is 0 Å². The summed E-state index contributed by atoms with van der Waals surface area (Å²) in [6, 6.07) is 12.7. The Balaban J connectivity index is 1.68. The van der Waals surface area contributed by atoms with Crippen LogP contribution in [-0.4, -0.2) is 44.4 Å². The molecule has 1 aliphatic heterocycles. The van der Waals surface area contributed by atoms with E-state index in [4.69, 9.17) is 14.2 Å². The number of ether oxygens (including phenoxy) is 3. The number of amides is 1. The minimum Gasteiger partial charge on any atom is -0.496 e. The molecule has 3 rings (SSSR count). The molecule has 0 spiro atoms. The Morgan fingerprint density at radius 1 is 1.10 bits per heavy atom. The maximum absolute atomic E-state index is 12.6. The summed E-state index contributed by atoms with van der Waals surface area (Å²) in [5.74, 6) is -0.316. The molecule has 0 saturated carbocycles. The quantitative estimate of drug-likeness (QED) is 0.711. The van der Waals surface area contributed by atoms with Crippen LogP contribution in [0.25, 0.3) is 6.08 Å². The molecule has 2 N–H and O–H groups in total. The van der Waals surface area contributed by atoms with E-state index in [1.54, 1.807) is 32.4 Å². The van der Waals surface area contributed by atoms with Gasteiger partial charge in [0.15, 0.2) is 11.5 Å². The first-order valence-corrected chi connectivity index (χ1v) is 9.16.